The van der Waals surface area contributed by atoms with Gasteiger partial charge in [-0.3, -0.25) is 4.79 Å². The van der Waals surface area contributed by atoms with Gasteiger partial charge in [0.1, 0.15) is 11.3 Å². The largest absolute Gasteiger partial charge is 0.508 e. The Balaban J connectivity index is 1.91. The minimum atomic E-state index is -0.630. The number of hydrogen-bond acceptors (Lipinski definition) is 5. The highest BCUT2D eigenvalue weighted by atomic mass is 16.4. The number of rotatable bonds is 2. The molecule has 3 heterocycles. The molecule has 4 N–H and O–H groups in total. The molecule has 1 amide bonds. The highest BCUT2D eigenvalue weighted by Gasteiger charge is 2.49. The SMILES string of the molecule is NC(=O)c1cc(O)cc2nc(C34CCC(CC3)N4)oc12. The van der Waals surface area contributed by atoms with E-state index in [1.165, 1.54) is 12.1 Å². The second-order valence-electron chi connectivity index (χ2n) is 5.73. The maximum atomic E-state index is 11.5. The molecule has 20 heavy (non-hydrogen) atoms. The predicted octanol–water partition coefficient (Wildman–Crippen LogP) is 1.37. The summed E-state index contributed by atoms with van der Waals surface area (Å²) in [5, 5.41) is 13.2. The molecule has 6 nitrogen and oxygen atoms in total. The standard InChI is InChI=1S/C14H15N3O3/c15-12(19)9-5-8(18)6-10-11(9)20-13(16-10)14-3-1-7(17-14)2-4-14/h5-7,17-18H,1-4H2,(H2,15,19). The maximum Gasteiger partial charge on any atom is 0.252 e. The van der Waals surface area contributed by atoms with Crippen LogP contribution in [0.2, 0.25) is 0 Å². The number of nitrogens with zero attached hydrogens (tertiary/aromatic N) is 1. The summed E-state index contributed by atoms with van der Waals surface area (Å²) in [6, 6.07) is 3.35. The average molecular weight is 273 g/mol. The lowest BCUT2D eigenvalue weighted by atomic mass is 9.88. The number of hydrogen-bond donors (Lipinski definition) is 3. The van der Waals surface area contributed by atoms with Gasteiger partial charge in [0.2, 0.25) is 5.89 Å². The molecule has 0 aliphatic carbocycles. The van der Waals surface area contributed by atoms with E-state index in [4.69, 9.17) is 10.2 Å². The summed E-state index contributed by atoms with van der Waals surface area (Å²) in [5.74, 6) is -0.0669. The molecule has 2 aliphatic rings. The minimum Gasteiger partial charge on any atom is -0.508 e. The zero-order chi connectivity index (χ0) is 13.9. The normalized spacial score (nSPS) is 28.3. The highest BCUT2D eigenvalue weighted by Crippen LogP contribution is 2.45. The van der Waals surface area contributed by atoms with Crippen molar-refractivity contribution in [1.82, 2.24) is 10.3 Å². The number of aromatic nitrogens is 1. The van der Waals surface area contributed by atoms with Crippen molar-refractivity contribution >= 4 is 17.0 Å². The van der Waals surface area contributed by atoms with E-state index in [0.29, 0.717) is 23.0 Å². The van der Waals surface area contributed by atoms with E-state index >= 15 is 0 Å². The van der Waals surface area contributed by atoms with E-state index in [1.54, 1.807) is 0 Å². The molecule has 1 aromatic heterocycles. The molecule has 4 rings (SSSR count). The summed E-state index contributed by atoms with van der Waals surface area (Å²) >= 11 is 0. The summed E-state index contributed by atoms with van der Waals surface area (Å²) in [5.41, 5.74) is 6.12. The zero-order valence-electron chi connectivity index (χ0n) is 10.8. The number of phenols is 1. The van der Waals surface area contributed by atoms with Gasteiger partial charge in [-0.15, -0.1) is 0 Å². The van der Waals surface area contributed by atoms with Crippen molar-refractivity contribution in [2.24, 2.45) is 5.73 Å². The Morgan fingerprint density at radius 3 is 2.80 bits per heavy atom. The first-order valence-electron chi connectivity index (χ1n) is 6.79. The van der Waals surface area contributed by atoms with Crippen LogP contribution in [0.5, 0.6) is 5.75 Å². The van der Waals surface area contributed by atoms with Crippen molar-refractivity contribution in [2.75, 3.05) is 0 Å². The monoisotopic (exact) mass is 273 g/mol. The Hall–Kier alpha value is -2.08. The number of fused-ring (bicyclic) bond motifs is 3. The third-order valence-corrected chi connectivity index (χ3v) is 4.47. The number of primary amides is 1. The number of nitrogens with two attached hydrogens (primary N) is 1. The Morgan fingerprint density at radius 2 is 2.20 bits per heavy atom. The average Bonchev–Trinajstić information content (AvgIpc) is 3.10. The molecule has 2 fully saturated rings. The molecule has 0 unspecified atom stereocenters. The third-order valence-electron chi connectivity index (χ3n) is 4.47. The lowest BCUT2D eigenvalue weighted by Crippen LogP contribution is -2.33. The lowest BCUT2D eigenvalue weighted by Gasteiger charge is -2.21. The van der Waals surface area contributed by atoms with Crippen LogP contribution in [-0.2, 0) is 5.54 Å². The fourth-order valence-electron chi connectivity index (χ4n) is 3.47. The van der Waals surface area contributed by atoms with Gasteiger partial charge in [0.15, 0.2) is 5.58 Å². The molecule has 6 heteroatoms. The summed E-state index contributed by atoms with van der Waals surface area (Å²) < 4.78 is 5.83. The number of aromatic hydroxyl groups is 1. The Bertz CT molecular complexity index is 714. The first kappa shape index (κ1) is 11.7. The molecule has 104 valence electrons. The van der Waals surface area contributed by atoms with E-state index in [0.717, 1.165) is 25.7 Å². The quantitative estimate of drug-likeness (QED) is 0.767. The van der Waals surface area contributed by atoms with Gasteiger partial charge in [0, 0.05) is 12.1 Å². The van der Waals surface area contributed by atoms with Gasteiger partial charge in [-0.05, 0) is 31.7 Å². The van der Waals surface area contributed by atoms with E-state index < -0.39 is 5.91 Å². The second-order valence-corrected chi connectivity index (χ2v) is 5.73. The second kappa shape index (κ2) is 3.73. The third kappa shape index (κ3) is 1.48. The Labute approximate surface area is 115 Å². The lowest BCUT2D eigenvalue weighted by molar-refractivity contribution is 0.100. The van der Waals surface area contributed by atoms with Crippen LogP contribution in [0.15, 0.2) is 16.5 Å². The van der Waals surface area contributed by atoms with Gasteiger partial charge < -0.3 is 20.6 Å². The van der Waals surface area contributed by atoms with Crippen LogP contribution in [0.1, 0.15) is 41.9 Å². The van der Waals surface area contributed by atoms with E-state index in [9.17, 15) is 9.90 Å². The molecule has 2 aromatic rings. The van der Waals surface area contributed by atoms with Crippen molar-refractivity contribution in [3.63, 3.8) is 0 Å². The minimum absolute atomic E-state index is 0.0349. The summed E-state index contributed by atoms with van der Waals surface area (Å²) in [6.45, 7) is 0. The maximum absolute atomic E-state index is 11.5. The number of benzene rings is 1. The van der Waals surface area contributed by atoms with E-state index in [-0.39, 0.29) is 16.9 Å². The van der Waals surface area contributed by atoms with Crippen LogP contribution in [0.25, 0.3) is 11.1 Å². The molecule has 0 atom stereocenters. The summed E-state index contributed by atoms with van der Waals surface area (Å²) in [7, 11) is 0. The molecule has 2 bridgehead atoms. The topological polar surface area (TPSA) is 101 Å². The first-order chi connectivity index (χ1) is 9.57. The highest BCUT2D eigenvalue weighted by molar-refractivity contribution is 6.03. The van der Waals surface area contributed by atoms with Crippen LogP contribution in [0, 0.1) is 0 Å². The van der Waals surface area contributed by atoms with Crippen LogP contribution in [-0.4, -0.2) is 22.0 Å². The van der Waals surface area contributed by atoms with Crippen molar-refractivity contribution in [2.45, 2.75) is 37.3 Å². The van der Waals surface area contributed by atoms with Gasteiger partial charge in [-0.2, -0.15) is 0 Å². The summed E-state index contributed by atoms with van der Waals surface area (Å²) in [6.07, 6.45) is 4.21. The van der Waals surface area contributed by atoms with Crippen LogP contribution < -0.4 is 11.1 Å². The molecule has 0 spiro atoms. The number of nitrogens with one attached hydrogen (secondary N) is 1. The van der Waals surface area contributed by atoms with Crippen LogP contribution in [0.3, 0.4) is 0 Å². The number of carbonyl (C=O) groups is 1. The predicted molar refractivity (Wildman–Crippen MR) is 71.3 cm³/mol. The number of oxazole rings is 1. The van der Waals surface area contributed by atoms with Crippen molar-refractivity contribution < 1.29 is 14.3 Å². The molecular formula is C14H15N3O3. The van der Waals surface area contributed by atoms with Gasteiger partial charge in [0.05, 0.1) is 11.1 Å². The molecule has 2 saturated heterocycles. The Morgan fingerprint density at radius 1 is 1.45 bits per heavy atom. The first-order valence-corrected chi connectivity index (χ1v) is 6.79. The van der Waals surface area contributed by atoms with Crippen LogP contribution >= 0.6 is 0 Å². The van der Waals surface area contributed by atoms with Gasteiger partial charge in [-0.25, -0.2) is 4.98 Å². The van der Waals surface area contributed by atoms with Crippen molar-refractivity contribution in [3.8, 4) is 5.75 Å². The summed E-state index contributed by atoms with van der Waals surface area (Å²) in [4.78, 5) is 15.9. The molecule has 2 aliphatic heterocycles. The Kier molecular flexibility index (Phi) is 2.18. The van der Waals surface area contributed by atoms with Gasteiger partial charge in [-0.1, -0.05) is 0 Å². The fourth-order valence-corrected chi connectivity index (χ4v) is 3.47. The molecule has 1 aromatic carbocycles. The smallest absolute Gasteiger partial charge is 0.252 e. The van der Waals surface area contributed by atoms with Gasteiger partial charge in [0.25, 0.3) is 5.91 Å². The van der Waals surface area contributed by atoms with E-state index in [1.807, 2.05) is 0 Å². The van der Waals surface area contributed by atoms with Gasteiger partial charge >= 0.3 is 0 Å². The van der Waals surface area contributed by atoms with E-state index in [2.05, 4.69) is 10.3 Å². The number of amides is 1. The number of phenolic OH excluding ortho intramolecular Hbond substituents is 1. The van der Waals surface area contributed by atoms with Crippen molar-refractivity contribution in [1.29, 1.82) is 0 Å². The van der Waals surface area contributed by atoms with Crippen LogP contribution in [0.4, 0.5) is 0 Å². The molecular weight excluding hydrogens is 258 g/mol. The number of carbonyl (C=O) groups excluding carboxylic acids is 1. The molecule has 0 saturated carbocycles. The zero-order valence-corrected chi connectivity index (χ0v) is 10.8. The molecule has 0 radical (unpaired) electrons. The fraction of sp³-hybridized carbons (Fsp3) is 0.429. The van der Waals surface area contributed by atoms with Crippen molar-refractivity contribution in [3.05, 3.63) is 23.6 Å².